The molecule has 2 aliphatic heterocycles. The minimum absolute atomic E-state index is 0.0960. The molecule has 0 atom stereocenters. The van der Waals surface area contributed by atoms with Crippen LogP contribution in [-0.2, 0) is 25.8 Å². The molecule has 8 heteroatoms. The van der Waals surface area contributed by atoms with E-state index in [0.29, 0.717) is 11.5 Å². The van der Waals surface area contributed by atoms with Crippen molar-refractivity contribution in [3.8, 4) is 34.3 Å². The van der Waals surface area contributed by atoms with Crippen LogP contribution in [0.4, 0.5) is 5.69 Å². The number of methoxy groups -OCH3 is 2. The normalized spacial score (nSPS) is 13.3. The lowest BCUT2D eigenvalue weighted by Crippen LogP contribution is -2.41. The third-order valence-corrected chi connectivity index (χ3v) is 7.05. The number of rotatable bonds is 6. The average molecular weight is 486 g/mol. The van der Waals surface area contributed by atoms with Crippen LogP contribution in [0.2, 0.25) is 0 Å². The summed E-state index contributed by atoms with van der Waals surface area (Å²) in [7, 11) is 3.30. The maximum atomic E-state index is 11.1. The highest BCUT2D eigenvalue weighted by Crippen LogP contribution is 2.43. The summed E-state index contributed by atoms with van der Waals surface area (Å²) in [4.78, 5) is 10.7. The Labute approximate surface area is 207 Å². The minimum atomic E-state index is -0.373. The maximum Gasteiger partial charge on any atom is 0.269 e. The lowest BCUT2D eigenvalue weighted by molar-refractivity contribution is -0.686. The third kappa shape index (κ3) is 3.57. The number of pyridine rings is 1. The number of non-ortho nitro benzene ring substituents is 1. The van der Waals surface area contributed by atoms with Crippen LogP contribution in [0, 0.1) is 10.1 Å². The van der Waals surface area contributed by atoms with Gasteiger partial charge in [-0.3, -0.25) is 10.1 Å². The fourth-order valence-corrected chi connectivity index (χ4v) is 5.32. The molecule has 0 fully saturated rings. The summed E-state index contributed by atoms with van der Waals surface area (Å²) in [5.74, 6) is 2.95. The van der Waals surface area contributed by atoms with Gasteiger partial charge in [-0.15, -0.1) is 0 Å². The lowest BCUT2D eigenvalue weighted by Gasteiger charge is -2.21. The Bertz CT molecular complexity index is 1510. The second-order valence-electron chi connectivity index (χ2n) is 8.95. The van der Waals surface area contributed by atoms with Crippen molar-refractivity contribution in [2.75, 3.05) is 21.0 Å². The molecular weight excluding hydrogens is 460 g/mol. The predicted molar refractivity (Wildman–Crippen MR) is 133 cm³/mol. The van der Waals surface area contributed by atoms with Gasteiger partial charge in [-0.2, -0.15) is 4.57 Å². The molecule has 36 heavy (non-hydrogen) atoms. The molecule has 4 aromatic rings. The van der Waals surface area contributed by atoms with Crippen molar-refractivity contribution in [2.45, 2.75) is 25.8 Å². The van der Waals surface area contributed by atoms with Gasteiger partial charge in [-0.25, -0.2) is 0 Å². The quantitative estimate of drug-likeness (QED) is 0.222. The standard InChI is InChI=1S/C28H25N2O6/c1-33-24-10-9-20-21(8-5-17-3-6-19(7-4-17)30(31)32)27-22-14-26-25(35-16-36-26)13-18(22)11-12-29(27)15-23(20)28(24)34-2/h3-4,6-7,9-10,13-15H,5,8,11-12,16H2,1-2H3/q+1. The van der Waals surface area contributed by atoms with E-state index in [4.69, 9.17) is 18.9 Å². The number of nitro groups is 1. The van der Waals surface area contributed by atoms with Gasteiger partial charge < -0.3 is 18.9 Å². The number of hydrogen-bond donors (Lipinski definition) is 0. The van der Waals surface area contributed by atoms with Crippen LogP contribution in [-0.4, -0.2) is 25.9 Å². The number of aryl methyl sites for hydroxylation is 4. The third-order valence-electron chi connectivity index (χ3n) is 7.05. The number of nitro benzene ring substituents is 1. The highest BCUT2D eigenvalue weighted by atomic mass is 16.7. The van der Waals surface area contributed by atoms with Gasteiger partial charge in [0.05, 0.1) is 30.1 Å². The van der Waals surface area contributed by atoms with Gasteiger partial charge >= 0.3 is 0 Å². The van der Waals surface area contributed by atoms with E-state index in [-0.39, 0.29) is 17.4 Å². The Morgan fingerprint density at radius 3 is 2.47 bits per heavy atom. The zero-order valence-electron chi connectivity index (χ0n) is 20.1. The second-order valence-corrected chi connectivity index (χ2v) is 8.95. The van der Waals surface area contributed by atoms with E-state index in [1.165, 1.54) is 11.1 Å². The van der Waals surface area contributed by atoms with Crippen LogP contribution in [0.5, 0.6) is 23.0 Å². The number of nitrogens with zero attached hydrogens (tertiary/aromatic N) is 2. The Hall–Kier alpha value is -4.33. The fourth-order valence-electron chi connectivity index (χ4n) is 5.32. The molecule has 3 aromatic carbocycles. The molecule has 0 bridgehead atoms. The predicted octanol–water partition coefficient (Wildman–Crippen LogP) is 4.79. The second kappa shape index (κ2) is 8.71. The Kier molecular flexibility index (Phi) is 5.36. The first kappa shape index (κ1) is 22.2. The van der Waals surface area contributed by atoms with Crippen LogP contribution in [0.3, 0.4) is 0 Å². The molecule has 0 radical (unpaired) electrons. The molecule has 0 N–H and O–H groups in total. The summed E-state index contributed by atoms with van der Waals surface area (Å²) in [6.45, 7) is 1.06. The number of aromatic nitrogens is 1. The average Bonchev–Trinajstić information content (AvgIpc) is 3.36. The van der Waals surface area contributed by atoms with E-state index in [0.717, 1.165) is 64.9 Å². The van der Waals surface area contributed by atoms with Crippen LogP contribution in [0.15, 0.2) is 54.7 Å². The fraction of sp³-hybridized carbons (Fsp3) is 0.250. The first-order valence-electron chi connectivity index (χ1n) is 11.8. The number of benzene rings is 3. The van der Waals surface area contributed by atoms with Gasteiger partial charge in [0.1, 0.15) is 0 Å². The SMILES string of the molecule is COc1ccc2c(CCc3ccc([N+](=O)[O-])cc3)c3[n+](cc2c1OC)CCc1cc2c(cc1-3)OCO2. The van der Waals surface area contributed by atoms with Crippen molar-refractivity contribution < 1.29 is 28.4 Å². The molecule has 8 nitrogen and oxygen atoms in total. The zero-order chi connectivity index (χ0) is 24.8. The van der Waals surface area contributed by atoms with Crippen molar-refractivity contribution in [3.05, 3.63) is 81.5 Å². The van der Waals surface area contributed by atoms with Gasteiger partial charge in [0.2, 0.25) is 12.5 Å². The summed E-state index contributed by atoms with van der Waals surface area (Å²) in [6, 6.07) is 15.0. The Balaban J connectivity index is 1.53. The van der Waals surface area contributed by atoms with Crippen LogP contribution in [0.1, 0.15) is 16.7 Å². The summed E-state index contributed by atoms with van der Waals surface area (Å²) >= 11 is 0. The van der Waals surface area contributed by atoms with E-state index in [1.54, 1.807) is 26.4 Å². The van der Waals surface area contributed by atoms with Crippen molar-refractivity contribution in [1.82, 2.24) is 0 Å². The van der Waals surface area contributed by atoms with E-state index < -0.39 is 0 Å². The molecule has 0 aliphatic carbocycles. The van der Waals surface area contributed by atoms with Crippen molar-refractivity contribution in [3.63, 3.8) is 0 Å². The van der Waals surface area contributed by atoms with Crippen LogP contribution < -0.4 is 23.5 Å². The molecule has 6 rings (SSSR count). The molecule has 0 amide bonds. The summed E-state index contributed by atoms with van der Waals surface area (Å²) in [5.41, 5.74) is 5.84. The number of ether oxygens (including phenoxy) is 4. The monoisotopic (exact) mass is 485 g/mol. The van der Waals surface area contributed by atoms with Gasteiger partial charge in [0.25, 0.3) is 5.69 Å². The molecule has 1 aromatic heterocycles. The van der Waals surface area contributed by atoms with Crippen LogP contribution in [0.25, 0.3) is 22.0 Å². The molecule has 2 aliphatic rings. The molecule has 0 saturated carbocycles. The molecule has 3 heterocycles. The van der Waals surface area contributed by atoms with Crippen LogP contribution >= 0.6 is 0 Å². The topological polar surface area (TPSA) is 83.9 Å². The lowest BCUT2D eigenvalue weighted by atomic mass is 9.89. The maximum absolute atomic E-state index is 11.1. The molecule has 0 unspecified atom stereocenters. The summed E-state index contributed by atoms with van der Waals surface area (Å²) in [6.07, 6.45) is 4.50. The van der Waals surface area contributed by atoms with Crippen molar-refractivity contribution in [2.24, 2.45) is 0 Å². The minimum Gasteiger partial charge on any atom is -0.493 e. The Morgan fingerprint density at radius 2 is 1.75 bits per heavy atom. The van der Waals surface area contributed by atoms with E-state index in [2.05, 4.69) is 29.0 Å². The van der Waals surface area contributed by atoms with Gasteiger partial charge in [-0.05, 0) is 48.2 Å². The molecule has 0 saturated heterocycles. The van der Waals surface area contributed by atoms with E-state index >= 15 is 0 Å². The molecular formula is C28H25N2O6+. The summed E-state index contributed by atoms with van der Waals surface area (Å²) < 4.78 is 25.0. The van der Waals surface area contributed by atoms with Crippen molar-refractivity contribution >= 4 is 16.5 Å². The summed E-state index contributed by atoms with van der Waals surface area (Å²) in [5, 5.41) is 13.1. The molecule has 182 valence electrons. The smallest absolute Gasteiger partial charge is 0.269 e. The Morgan fingerprint density at radius 1 is 0.972 bits per heavy atom. The van der Waals surface area contributed by atoms with E-state index in [1.807, 2.05) is 18.2 Å². The largest absolute Gasteiger partial charge is 0.493 e. The zero-order valence-corrected chi connectivity index (χ0v) is 20.1. The highest BCUT2D eigenvalue weighted by Gasteiger charge is 2.32. The number of fused-ring (bicyclic) bond motifs is 5. The molecule has 0 spiro atoms. The van der Waals surface area contributed by atoms with E-state index in [9.17, 15) is 10.1 Å². The highest BCUT2D eigenvalue weighted by molar-refractivity contribution is 5.95. The van der Waals surface area contributed by atoms with Gasteiger partial charge in [-0.1, -0.05) is 12.1 Å². The van der Waals surface area contributed by atoms with Gasteiger partial charge in [0, 0.05) is 29.5 Å². The first-order valence-corrected chi connectivity index (χ1v) is 11.8. The number of hydrogen-bond acceptors (Lipinski definition) is 6. The van der Waals surface area contributed by atoms with Crippen molar-refractivity contribution in [1.29, 1.82) is 0 Å². The van der Waals surface area contributed by atoms with Gasteiger partial charge in [0.15, 0.2) is 35.7 Å². The first-order chi connectivity index (χ1) is 17.6.